The summed E-state index contributed by atoms with van der Waals surface area (Å²) in [6.07, 6.45) is 0.0922. The fourth-order valence-electron chi connectivity index (χ4n) is 5.70. The molecule has 3 aromatic rings. The van der Waals surface area contributed by atoms with Crippen LogP contribution in [0.25, 0.3) is 0 Å². The molecule has 1 fully saturated rings. The summed E-state index contributed by atoms with van der Waals surface area (Å²) >= 11 is 16.4. The lowest BCUT2D eigenvalue weighted by Crippen LogP contribution is -2.57. The van der Waals surface area contributed by atoms with E-state index in [0.29, 0.717) is 27.0 Å². The number of aliphatic hydroxyl groups is 1. The quantitative estimate of drug-likeness (QED) is 0.283. The van der Waals surface area contributed by atoms with Crippen molar-refractivity contribution < 1.29 is 19.4 Å². The molecule has 2 aliphatic rings. The highest BCUT2D eigenvalue weighted by molar-refractivity contribution is 9.10. The number of hydrogen-bond acceptors (Lipinski definition) is 4. The Labute approximate surface area is 246 Å². The van der Waals surface area contributed by atoms with Gasteiger partial charge in [0.1, 0.15) is 11.2 Å². The highest BCUT2D eigenvalue weighted by atomic mass is 79.9. The van der Waals surface area contributed by atoms with E-state index in [-0.39, 0.29) is 31.4 Å². The number of halogens is 3. The van der Waals surface area contributed by atoms with Crippen molar-refractivity contribution in [3.63, 3.8) is 0 Å². The van der Waals surface area contributed by atoms with Crippen LogP contribution in [-0.2, 0) is 15.0 Å². The summed E-state index contributed by atoms with van der Waals surface area (Å²) in [5, 5.41) is 17.0. The van der Waals surface area contributed by atoms with Crippen LogP contribution in [0.1, 0.15) is 54.5 Å². The predicted octanol–water partition coefficient (Wildman–Crippen LogP) is 6.70. The van der Waals surface area contributed by atoms with Crippen LogP contribution in [0, 0.1) is 12.3 Å². The number of rotatable bonds is 6. The SMILES string of the molecule is Cc1ccc(Cl)cc1C1CC(=O)NC(c2cc(Br)ccc2OCC(C)(C)CO)C12C(=O)Nc1cc(Cl)ccc12. The molecule has 2 amide bonds. The lowest BCUT2D eigenvalue weighted by atomic mass is 9.58. The molecule has 9 heteroatoms. The number of amides is 2. The van der Waals surface area contributed by atoms with Gasteiger partial charge in [0.05, 0.1) is 19.3 Å². The number of hydrogen-bond donors (Lipinski definition) is 3. The molecule has 0 aromatic heterocycles. The molecule has 6 nitrogen and oxygen atoms in total. The van der Waals surface area contributed by atoms with Gasteiger partial charge in [-0.05, 0) is 66.1 Å². The Morgan fingerprint density at radius 1 is 1.05 bits per heavy atom. The van der Waals surface area contributed by atoms with Crippen LogP contribution in [0.5, 0.6) is 5.75 Å². The lowest BCUT2D eigenvalue weighted by Gasteiger charge is -2.47. The van der Waals surface area contributed by atoms with Crippen molar-refractivity contribution in [2.24, 2.45) is 5.41 Å². The van der Waals surface area contributed by atoms with Crippen LogP contribution < -0.4 is 15.4 Å². The number of piperidine rings is 1. The molecule has 3 unspecified atom stereocenters. The Hall–Kier alpha value is -2.58. The minimum Gasteiger partial charge on any atom is -0.493 e. The largest absolute Gasteiger partial charge is 0.493 e. The number of aliphatic hydroxyl groups excluding tert-OH is 1. The van der Waals surface area contributed by atoms with Gasteiger partial charge in [-0.15, -0.1) is 0 Å². The van der Waals surface area contributed by atoms with Gasteiger partial charge in [0.2, 0.25) is 11.8 Å². The number of ether oxygens (including phenoxy) is 1. The second-order valence-electron chi connectivity index (χ2n) is 11.1. The maximum absolute atomic E-state index is 14.3. The minimum absolute atomic E-state index is 0.0599. The molecule has 0 aliphatic carbocycles. The molecule has 0 bridgehead atoms. The summed E-state index contributed by atoms with van der Waals surface area (Å²) in [6, 6.07) is 15.7. The summed E-state index contributed by atoms with van der Waals surface area (Å²) < 4.78 is 7.03. The summed E-state index contributed by atoms with van der Waals surface area (Å²) in [5.41, 5.74) is 2.04. The second kappa shape index (κ2) is 10.4. The molecular formula is C30H29BrCl2N2O4. The van der Waals surface area contributed by atoms with Crippen LogP contribution in [0.2, 0.25) is 10.0 Å². The topological polar surface area (TPSA) is 87.7 Å². The zero-order valence-corrected chi connectivity index (χ0v) is 24.9. The first-order chi connectivity index (χ1) is 18.5. The average Bonchev–Trinajstić information content (AvgIpc) is 3.17. The van der Waals surface area contributed by atoms with Crippen molar-refractivity contribution in [2.75, 3.05) is 18.5 Å². The maximum atomic E-state index is 14.3. The van der Waals surface area contributed by atoms with Gasteiger partial charge < -0.3 is 20.5 Å². The van der Waals surface area contributed by atoms with E-state index in [4.69, 9.17) is 27.9 Å². The van der Waals surface area contributed by atoms with Crippen molar-refractivity contribution in [1.29, 1.82) is 0 Å². The number of aryl methyl sites for hydroxylation is 1. The average molecular weight is 632 g/mol. The predicted molar refractivity (Wildman–Crippen MR) is 157 cm³/mol. The fourth-order valence-corrected chi connectivity index (χ4v) is 6.43. The molecular weight excluding hydrogens is 603 g/mol. The van der Waals surface area contributed by atoms with E-state index in [1.165, 1.54) is 0 Å². The molecule has 3 atom stereocenters. The number of benzene rings is 3. The third-order valence-corrected chi connectivity index (χ3v) is 8.66. The van der Waals surface area contributed by atoms with Crippen LogP contribution in [0.3, 0.4) is 0 Å². The van der Waals surface area contributed by atoms with Gasteiger partial charge in [-0.2, -0.15) is 0 Å². The van der Waals surface area contributed by atoms with Crippen LogP contribution in [0.15, 0.2) is 59.1 Å². The number of anilines is 1. The number of carbonyl (C=O) groups is 2. The van der Waals surface area contributed by atoms with Gasteiger partial charge in [-0.1, -0.05) is 65.1 Å². The van der Waals surface area contributed by atoms with E-state index in [0.717, 1.165) is 21.2 Å². The summed E-state index contributed by atoms with van der Waals surface area (Å²) in [4.78, 5) is 27.7. The highest BCUT2D eigenvalue weighted by Crippen LogP contribution is 2.59. The lowest BCUT2D eigenvalue weighted by molar-refractivity contribution is -0.131. The molecule has 0 saturated carbocycles. The van der Waals surface area contributed by atoms with Gasteiger partial charge in [-0.25, -0.2) is 0 Å². The second-order valence-corrected chi connectivity index (χ2v) is 12.9. The van der Waals surface area contributed by atoms with E-state index in [1.807, 2.05) is 57.2 Å². The zero-order chi connectivity index (χ0) is 28.1. The number of fused-ring (bicyclic) bond motifs is 2. The molecule has 2 aliphatic heterocycles. The van der Waals surface area contributed by atoms with Crippen LogP contribution in [0.4, 0.5) is 5.69 Å². The molecule has 204 valence electrons. The zero-order valence-electron chi connectivity index (χ0n) is 21.8. The van der Waals surface area contributed by atoms with Crippen molar-refractivity contribution in [3.8, 4) is 5.75 Å². The molecule has 2 heterocycles. The van der Waals surface area contributed by atoms with Gasteiger partial charge in [0.15, 0.2) is 0 Å². The number of nitrogens with one attached hydrogen (secondary N) is 2. The van der Waals surface area contributed by atoms with Crippen LogP contribution >= 0.6 is 39.1 Å². The van der Waals surface area contributed by atoms with Gasteiger partial charge in [-0.3, -0.25) is 9.59 Å². The van der Waals surface area contributed by atoms with Crippen molar-refractivity contribution in [3.05, 3.63) is 91.4 Å². The molecule has 5 rings (SSSR count). The maximum Gasteiger partial charge on any atom is 0.238 e. The standard InChI is InChI=1S/C30H29BrCl2N2O4/c1-16-4-6-18(32)11-20(16)23-13-26(37)35-27(30(23)22-8-7-19(33)12-24(22)34-28(30)38)21-10-17(31)5-9-25(21)39-15-29(2,3)14-36/h4-12,23,27,36H,13-15H2,1-3H3,(H,34,38)(H,35,37). The molecule has 1 saturated heterocycles. The normalized spacial score (nSPS) is 22.4. The van der Waals surface area contributed by atoms with E-state index in [1.54, 1.807) is 18.2 Å². The van der Waals surface area contributed by atoms with E-state index >= 15 is 0 Å². The van der Waals surface area contributed by atoms with E-state index < -0.39 is 22.8 Å². The van der Waals surface area contributed by atoms with Crippen molar-refractivity contribution >= 4 is 56.6 Å². The Morgan fingerprint density at radius 2 is 1.77 bits per heavy atom. The van der Waals surface area contributed by atoms with Gasteiger partial charge >= 0.3 is 0 Å². The monoisotopic (exact) mass is 630 g/mol. The molecule has 3 N–H and O–H groups in total. The molecule has 3 aromatic carbocycles. The fraction of sp³-hybridized carbons (Fsp3) is 0.333. The third-order valence-electron chi connectivity index (χ3n) is 7.70. The first kappa shape index (κ1) is 28.0. The molecule has 39 heavy (non-hydrogen) atoms. The molecule has 1 spiro atoms. The Kier molecular flexibility index (Phi) is 7.48. The highest BCUT2D eigenvalue weighted by Gasteiger charge is 2.61. The Balaban J connectivity index is 1.78. The summed E-state index contributed by atoms with van der Waals surface area (Å²) in [5.74, 6) is -0.441. The smallest absolute Gasteiger partial charge is 0.238 e. The van der Waals surface area contributed by atoms with Gasteiger partial charge in [0.25, 0.3) is 0 Å². The first-order valence-electron chi connectivity index (χ1n) is 12.7. The summed E-state index contributed by atoms with van der Waals surface area (Å²) in [7, 11) is 0. The first-order valence-corrected chi connectivity index (χ1v) is 14.2. The Morgan fingerprint density at radius 3 is 2.51 bits per heavy atom. The summed E-state index contributed by atoms with van der Waals surface area (Å²) in [6.45, 7) is 5.94. The van der Waals surface area contributed by atoms with Gasteiger partial charge in [0, 0.05) is 43.5 Å². The number of carbonyl (C=O) groups excluding carboxylic acids is 2. The van der Waals surface area contributed by atoms with Crippen molar-refractivity contribution in [1.82, 2.24) is 5.32 Å². The Bertz CT molecular complexity index is 1480. The molecule has 0 radical (unpaired) electrons. The van der Waals surface area contributed by atoms with Crippen molar-refractivity contribution in [2.45, 2.75) is 44.6 Å². The van der Waals surface area contributed by atoms with E-state index in [9.17, 15) is 14.7 Å². The van der Waals surface area contributed by atoms with E-state index in [2.05, 4.69) is 26.6 Å². The third kappa shape index (κ3) is 4.95. The minimum atomic E-state index is -1.23. The van der Waals surface area contributed by atoms with Crippen LogP contribution in [-0.4, -0.2) is 30.1 Å².